The van der Waals surface area contributed by atoms with Crippen LogP contribution in [0, 0.1) is 6.42 Å². The zero-order chi connectivity index (χ0) is 6.62. The fourth-order valence-electron chi connectivity index (χ4n) is 0.192. The maximum absolute atomic E-state index is 10.1. The molecule has 0 aromatic rings. The molecule has 8 heavy (non-hydrogen) atoms. The predicted octanol–water partition coefficient (Wildman–Crippen LogP) is 0.187. The minimum atomic E-state index is -3.22. The van der Waals surface area contributed by atoms with Crippen molar-refractivity contribution in [2.45, 2.75) is 6.92 Å². The van der Waals surface area contributed by atoms with Gasteiger partial charge in [-0.3, -0.25) is 4.18 Å². The summed E-state index contributed by atoms with van der Waals surface area (Å²) in [6.45, 7) is 1.89. The fourth-order valence-corrected chi connectivity index (χ4v) is 0.575. The van der Waals surface area contributed by atoms with E-state index >= 15 is 0 Å². The molecule has 0 unspecified atom stereocenters. The van der Waals surface area contributed by atoms with E-state index in [0.29, 0.717) is 0 Å². The molecule has 0 fully saturated rings. The summed E-state index contributed by atoms with van der Waals surface area (Å²) in [5.74, 6) is 0. The quantitative estimate of drug-likeness (QED) is 0.521. The van der Waals surface area contributed by atoms with Crippen LogP contribution in [0.1, 0.15) is 6.92 Å². The van der Waals surface area contributed by atoms with Crippen molar-refractivity contribution in [3.05, 3.63) is 6.42 Å². The van der Waals surface area contributed by atoms with Crippen LogP contribution in [0.5, 0.6) is 0 Å². The highest BCUT2D eigenvalue weighted by Gasteiger charge is 1.97. The molecule has 0 atom stereocenters. The van der Waals surface area contributed by atoms with Gasteiger partial charge in [-0.1, -0.05) is 6.92 Å². The Morgan fingerprint density at radius 1 is 1.62 bits per heavy atom. The average molecular weight is 137 g/mol. The second-order valence-corrected chi connectivity index (χ2v) is 3.04. The summed E-state index contributed by atoms with van der Waals surface area (Å²) < 4.78 is 24.6. The zero-order valence-electron chi connectivity index (χ0n) is 4.92. The number of hydrogen-bond donors (Lipinski definition) is 0. The average Bonchev–Trinajstić information content (AvgIpc) is 1.59. The van der Waals surface area contributed by atoms with E-state index in [4.69, 9.17) is 0 Å². The Hall–Kier alpha value is -0.0900. The van der Waals surface area contributed by atoms with Gasteiger partial charge in [0.1, 0.15) is 0 Å². The minimum Gasteiger partial charge on any atom is -0.270 e. The Morgan fingerprint density at radius 2 is 2.12 bits per heavy atom. The highest BCUT2D eigenvalue weighted by Crippen LogP contribution is 1.86. The highest BCUT2D eigenvalue weighted by atomic mass is 32.2. The van der Waals surface area contributed by atoms with Crippen molar-refractivity contribution in [3.63, 3.8) is 0 Å². The molecule has 0 bridgehead atoms. The first kappa shape index (κ1) is 7.91. The van der Waals surface area contributed by atoms with Crippen LogP contribution >= 0.6 is 0 Å². The number of rotatable bonds is 3. The Morgan fingerprint density at radius 3 is 2.25 bits per heavy atom. The first-order valence-electron chi connectivity index (χ1n) is 2.18. The molecule has 0 aliphatic rings. The SMILES string of the molecule is C[CH]COS(C)(=O)=O. The third kappa shape index (κ3) is 5.91. The predicted molar refractivity (Wildman–Crippen MR) is 30.8 cm³/mol. The van der Waals surface area contributed by atoms with Gasteiger partial charge in [-0.15, -0.1) is 0 Å². The van der Waals surface area contributed by atoms with Gasteiger partial charge in [0, 0.05) is 0 Å². The molecule has 0 amide bonds. The van der Waals surface area contributed by atoms with Crippen molar-refractivity contribution < 1.29 is 12.6 Å². The van der Waals surface area contributed by atoms with Gasteiger partial charge >= 0.3 is 0 Å². The minimum absolute atomic E-state index is 0.166. The van der Waals surface area contributed by atoms with Crippen molar-refractivity contribution in [1.29, 1.82) is 0 Å². The molecular formula is C4H9O3S. The molecule has 0 heterocycles. The van der Waals surface area contributed by atoms with Gasteiger partial charge in [-0.25, -0.2) is 0 Å². The summed E-state index contributed by atoms with van der Waals surface area (Å²) in [4.78, 5) is 0. The molecule has 0 saturated carbocycles. The third-order valence-corrected chi connectivity index (χ3v) is 1.01. The van der Waals surface area contributed by atoms with Gasteiger partial charge in [0.2, 0.25) is 0 Å². The van der Waals surface area contributed by atoms with E-state index in [0.717, 1.165) is 6.26 Å². The van der Waals surface area contributed by atoms with Gasteiger partial charge in [0.05, 0.1) is 12.9 Å². The van der Waals surface area contributed by atoms with E-state index in [2.05, 4.69) is 4.18 Å². The second-order valence-electron chi connectivity index (χ2n) is 1.40. The van der Waals surface area contributed by atoms with E-state index in [-0.39, 0.29) is 6.61 Å². The summed E-state index contributed by atoms with van der Waals surface area (Å²) in [7, 11) is -3.22. The molecule has 49 valence electrons. The highest BCUT2D eigenvalue weighted by molar-refractivity contribution is 7.85. The van der Waals surface area contributed by atoms with Gasteiger partial charge < -0.3 is 0 Å². The summed E-state index contributed by atoms with van der Waals surface area (Å²) in [6, 6.07) is 0. The lowest BCUT2D eigenvalue weighted by Crippen LogP contribution is -2.02. The molecule has 0 aliphatic carbocycles. The van der Waals surface area contributed by atoms with Gasteiger partial charge in [-0.2, -0.15) is 8.42 Å². The Balaban J connectivity index is 3.42. The van der Waals surface area contributed by atoms with E-state index in [9.17, 15) is 8.42 Å². The smallest absolute Gasteiger partial charge is 0.264 e. The lowest BCUT2D eigenvalue weighted by molar-refractivity contribution is 0.350. The maximum atomic E-state index is 10.1. The lowest BCUT2D eigenvalue weighted by Gasteiger charge is -1.94. The molecule has 0 N–H and O–H groups in total. The lowest BCUT2D eigenvalue weighted by atomic mass is 10.5. The summed E-state index contributed by atoms with van der Waals surface area (Å²) >= 11 is 0. The Bertz CT molecular complexity index is 135. The fraction of sp³-hybridized carbons (Fsp3) is 0.750. The Labute approximate surface area is 49.8 Å². The Kier molecular flexibility index (Phi) is 3.01. The standard InChI is InChI=1S/C4H9O3S/c1-3-4-7-8(2,5)6/h3H,4H2,1-2H3. The van der Waals surface area contributed by atoms with Gasteiger partial charge in [0.15, 0.2) is 0 Å². The van der Waals surface area contributed by atoms with Crippen LogP contribution < -0.4 is 0 Å². The third-order valence-electron chi connectivity index (χ3n) is 0.449. The molecule has 0 rings (SSSR count). The summed E-state index contributed by atoms with van der Waals surface area (Å²) in [6.07, 6.45) is 2.65. The van der Waals surface area contributed by atoms with Crippen LogP contribution in [0.3, 0.4) is 0 Å². The first-order valence-corrected chi connectivity index (χ1v) is 4.00. The topological polar surface area (TPSA) is 43.4 Å². The van der Waals surface area contributed by atoms with E-state index in [1.165, 1.54) is 0 Å². The van der Waals surface area contributed by atoms with Gasteiger partial charge in [-0.05, 0) is 6.42 Å². The van der Waals surface area contributed by atoms with Crippen molar-refractivity contribution in [3.8, 4) is 0 Å². The van der Waals surface area contributed by atoms with Crippen LogP contribution in [-0.2, 0) is 14.3 Å². The zero-order valence-corrected chi connectivity index (χ0v) is 5.73. The van der Waals surface area contributed by atoms with Crippen LogP contribution in [0.15, 0.2) is 0 Å². The molecule has 0 aromatic carbocycles. The van der Waals surface area contributed by atoms with Crippen molar-refractivity contribution in [2.75, 3.05) is 12.9 Å². The van der Waals surface area contributed by atoms with Crippen LogP contribution in [-0.4, -0.2) is 21.3 Å². The van der Waals surface area contributed by atoms with E-state index < -0.39 is 10.1 Å². The maximum Gasteiger partial charge on any atom is 0.264 e. The largest absolute Gasteiger partial charge is 0.270 e. The summed E-state index contributed by atoms with van der Waals surface area (Å²) in [5, 5.41) is 0. The first-order chi connectivity index (χ1) is 3.56. The molecule has 0 spiro atoms. The molecule has 0 saturated heterocycles. The van der Waals surface area contributed by atoms with Crippen LogP contribution in [0.2, 0.25) is 0 Å². The molecule has 4 heteroatoms. The number of hydrogen-bond acceptors (Lipinski definition) is 3. The van der Waals surface area contributed by atoms with E-state index in [1.54, 1.807) is 13.3 Å². The van der Waals surface area contributed by atoms with Crippen molar-refractivity contribution >= 4 is 10.1 Å². The monoisotopic (exact) mass is 137 g/mol. The molecular weight excluding hydrogens is 128 g/mol. The van der Waals surface area contributed by atoms with Gasteiger partial charge in [0.25, 0.3) is 10.1 Å². The van der Waals surface area contributed by atoms with Crippen LogP contribution in [0.25, 0.3) is 0 Å². The van der Waals surface area contributed by atoms with Crippen molar-refractivity contribution in [2.24, 2.45) is 0 Å². The van der Waals surface area contributed by atoms with Crippen LogP contribution in [0.4, 0.5) is 0 Å². The second kappa shape index (κ2) is 3.04. The molecule has 1 radical (unpaired) electrons. The van der Waals surface area contributed by atoms with E-state index in [1.807, 2.05) is 0 Å². The normalized spacial score (nSPS) is 11.8. The van der Waals surface area contributed by atoms with Crippen molar-refractivity contribution in [1.82, 2.24) is 0 Å². The molecule has 3 nitrogen and oxygen atoms in total. The molecule has 0 aromatic heterocycles. The molecule has 0 aliphatic heterocycles. The summed E-state index contributed by atoms with van der Waals surface area (Å²) in [5.41, 5.74) is 0.